The molecule has 152 valence electrons. The fourth-order valence-electron chi connectivity index (χ4n) is 2.75. The molecule has 0 unspecified atom stereocenters. The summed E-state index contributed by atoms with van der Waals surface area (Å²) in [4.78, 5) is 18.9. The maximum absolute atomic E-state index is 10.9. The number of allylic oxidation sites excluding steroid dienone is 3. The normalized spacial score (nSPS) is 12.0. The minimum absolute atomic E-state index is 0.0411. The molecule has 0 aliphatic heterocycles. The molecule has 1 aromatic carbocycles. The minimum atomic E-state index is -1.03. The van der Waals surface area contributed by atoms with Gasteiger partial charge in [0.2, 0.25) is 0 Å². The maximum atomic E-state index is 10.9. The van der Waals surface area contributed by atoms with Crippen molar-refractivity contribution in [3.8, 4) is 0 Å². The van der Waals surface area contributed by atoms with Crippen molar-refractivity contribution in [2.75, 3.05) is 7.05 Å². The first-order valence-electron chi connectivity index (χ1n) is 9.33. The number of rotatable bonds is 9. The lowest BCUT2D eigenvalue weighted by atomic mass is 10.0. The average Bonchev–Trinajstić information content (AvgIpc) is 3.26. The molecule has 30 heavy (non-hydrogen) atoms. The Morgan fingerprint density at radius 3 is 2.77 bits per heavy atom. The third-order valence-corrected chi connectivity index (χ3v) is 4.16. The number of aliphatic imine (C=N–C) groups is 1. The second-order valence-electron chi connectivity index (χ2n) is 6.47. The lowest BCUT2D eigenvalue weighted by Gasteiger charge is -2.08. The standard InChI is InChI=1S/C23H22N4O3/c1-24-15-21(7-3-6-20-10-11-26-27-20)30-16-19-5-2-4-17(13-19)12-18-8-9-22(23(28)29)25-14-18/h2-11,13-15H,12,16H2,1H3,(H,26,27)(H,28,29)/b6-3+,21-7+,24-15-. The van der Waals surface area contributed by atoms with Crippen LogP contribution in [0.15, 0.2) is 77.8 Å². The summed E-state index contributed by atoms with van der Waals surface area (Å²) < 4.78 is 5.89. The van der Waals surface area contributed by atoms with Gasteiger partial charge in [-0.1, -0.05) is 36.4 Å². The van der Waals surface area contributed by atoms with Gasteiger partial charge in [-0.2, -0.15) is 5.10 Å². The Labute approximate surface area is 174 Å². The zero-order chi connectivity index (χ0) is 21.2. The van der Waals surface area contributed by atoms with E-state index in [1.54, 1.807) is 31.7 Å². The second-order valence-corrected chi connectivity index (χ2v) is 6.47. The molecule has 0 aliphatic carbocycles. The van der Waals surface area contributed by atoms with E-state index in [1.807, 2.05) is 42.5 Å². The van der Waals surface area contributed by atoms with Crippen LogP contribution in [0, 0.1) is 0 Å². The number of aromatic nitrogens is 3. The molecule has 0 saturated heterocycles. The van der Waals surface area contributed by atoms with Crippen LogP contribution in [0.1, 0.15) is 32.9 Å². The molecule has 0 aliphatic rings. The molecule has 2 aromatic heterocycles. The Morgan fingerprint density at radius 1 is 1.20 bits per heavy atom. The third-order valence-electron chi connectivity index (χ3n) is 4.16. The van der Waals surface area contributed by atoms with Gasteiger partial charge in [-0.15, -0.1) is 0 Å². The van der Waals surface area contributed by atoms with E-state index in [0.717, 1.165) is 22.4 Å². The number of nitrogens with zero attached hydrogens (tertiary/aromatic N) is 3. The molecule has 3 aromatic rings. The van der Waals surface area contributed by atoms with Crippen LogP contribution in [0.3, 0.4) is 0 Å². The average molecular weight is 402 g/mol. The van der Waals surface area contributed by atoms with E-state index in [2.05, 4.69) is 26.2 Å². The van der Waals surface area contributed by atoms with Crippen LogP contribution in [-0.2, 0) is 17.8 Å². The van der Waals surface area contributed by atoms with E-state index in [9.17, 15) is 4.79 Å². The van der Waals surface area contributed by atoms with Crippen LogP contribution in [0.4, 0.5) is 0 Å². The van der Waals surface area contributed by atoms with Gasteiger partial charge in [0.15, 0.2) is 0 Å². The molecule has 0 fully saturated rings. The molecule has 2 N–H and O–H groups in total. The van der Waals surface area contributed by atoms with E-state index >= 15 is 0 Å². The van der Waals surface area contributed by atoms with Crippen molar-refractivity contribution < 1.29 is 14.6 Å². The number of H-pyrrole nitrogens is 1. The van der Waals surface area contributed by atoms with Crippen molar-refractivity contribution in [2.24, 2.45) is 4.99 Å². The number of carbonyl (C=O) groups is 1. The highest BCUT2D eigenvalue weighted by molar-refractivity contribution is 5.85. The molecule has 7 heteroatoms. The Bertz CT molecular complexity index is 1050. The predicted octanol–water partition coefficient (Wildman–Crippen LogP) is 3.91. The predicted molar refractivity (Wildman–Crippen MR) is 115 cm³/mol. The maximum Gasteiger partial charge on any atom is 0.354 e. The summed E-state index contributed by atoms with van der Waals surface area (Å²) in [5.74, 6) is -0.383. The monoisotopic (exact) mass is 402 g/mol. The van der Waals surface area contributed by atoms with Crippen LogP contribution < -0.4 is 0 Å². The van der Waals surface area contributed by atoms with E-state index in [1.165, 1.54) is 6.07 Å². The molecule has 0 amide bonds. The minimum Gasteiger partial charge on any atom is -0.487 e. The van der Waals surface area contributed by atoms with Crippen LogP contribution in [0.5, 0.6) is 0 Å². The molecular weight excluding hydrogens is 380 g/mol. The van der Waals surface area contributed by atoms with Crippen molar-refractivity contribution in [3.63, 3.8) is 0 Å². The topological polar surface area (TPSA) is 100 Å². The van der Waals surface area contributed by atoms with Gasteiger partial charge >= 0.3 is 5.97 Å². The summed E-state index contributed by atoms with van der Waals surface area (Å²) in [6, 6.07) is 13.2. The summed E-state index contributed by atoms with van der Waals surface area (Å²) in [5, 5.41) is 15.7. The molecule has 7 nitrogen and oxygen atoms in total. The zero-order valence-electron chi connectivity index (χ0n) is 16.5. The summed E-state index contributed by atoms with van der Waals surface area (Å²) in [7, 11) is 1.69. The number of hydrogen-bond acceptors (Lipinski definition) is 5. The van der Waals surface area contributed by atoms with Crippen molar-refractivity contribution in [1.82, 2.24) is 15.2 Å². The molecule has 0 spiro atoms. The fraction of sp³-hybridized carbons (Fsp3) is 0.130. The molecule has 3 rings (SSSR count). The molecule has 0 atom stereocenters. The fourth-order valence-corrected chi connectivity index (χ4v) is 2.75. The summed E-state index contributed by atoms with van der Waals surface area (Å²) in [6.07, 6.45) is 11.2. The molecule has 2 heterocycles. The number of ether oxygens (including phenoxy) is 1. The summed E-state index contributed by atoms with van der Waals surface area (Å²) in [5.41, 5.74) is 4.00. The van der Waals surface area contributed by atoms with Crippen LogP contribution in [0.25, 0.3) is 6.08 Å². The number of carboxylic acids is 1. The third kappa shape index (κ3) is 6.27. The Hall–Kier alpha value is -4.00. The number of aromatic amines is 1. The van der Waals surface area contributed by atoms with Crippen molar-refractivity contribution in [2.45, 2.75) is 13.0 Å². The van der Waals surface area contributed by atoms with Crippen molar-refractivity contribution in [3.05, 3.63) is 101 Å². The van der Waals surface area contributed by atoms with Crippen LogP contribution in [-0.4, -0.2) is 39.5 Å². The Morgan fingerprint density at radius 2 is 2.07 bits per heavy atom. The zero-order valence-corrected chi connectivity index (χ0v) is 16.5. The molecule has 0 saturated carbocycles. The lowest BCUT2D eigenvalue weighted by molar-refractivity contribution is 0.0690. The van der Waals surface area contributed by atoms with Crippen molar-refractivity contribution in [1.29, 1.82) is 0 Å². The highest BCUT2D eigenvalue weighted by atomic mass is 16.5. The van der Waals surface area contributed by atoms with Gasteiger partial charge in [0.1, 0.15) is 18.1 Å². The van der Waals surface area contributed by atoms with Gasteiger partial charge in [0.05, 0.1) is 11.9 Å². The molecular formula is C23H22N4O3. The quantitative estimate of drug-likeness (QED) is 0.321. The van der Waals surface area contributed by atoms with Crippen LogP contribution >= 0.6 is 0 Å². The molecule has 0 bridgehead atoms. The first-order valence-corrected chi connectivity index (χ1v) is 9.33. The first-order chi connectivity index (χ1) is 14.6. The number of aromatic carboxylic acids is 1. The lowest BCUT2D eigenvalue weighted by Crippen LogP contribution is -2.01. The number of nitrogens with one attached hydrogen (secondary N) is 1. The van der Waals surface area contributed by atoms with E-state index in [0.29, 0.717) is 18.8 Å². The second kappa shape index (κ2) is 10.5. The smallest absolute Gasteiger partial charge is 0.354 e. The number of pyridine rings is 1. The van der Waals surface area contributed by atoms with E-state index in [-0.39, 0.29) is 5.69 Å². The number of benzene rings is 1. The van der Waals surface area contributed by atoms with Crippen LogP contribution in [0.2, 0.25) is 0 Å². The van der Waals surface area contributed by atoms with E-state index < -0.39 is 5.97 Å². The summed E-state index contributed by atoms with van der Waals surface area (Å²) in [6.45, 7) is 0.403. The number of carboxylic acid groups (broad SMARTS) is 1. The van der Waals surface area contributed by atoms with Gasteiger partial charge in [-0.3, -0.25) is 10.1 Å². The molecule has 0 radical (unpaired) electrons. The number of hydrogen-bond donors (Lipinski definition) is 2. The van der Waals surface area contributed by atoms with Gasteiger partial charge in [-0.25, -0.2) is 9.78 Å². The van der Waals surface area contributed by atoms with Gasteiger partial charge in [0, 0.05) is 19.4 Å². The SMILES string of the molecule is C\N=C/C(=C\C=C\c1ccn[nH]1)OCc1cccc(Cc2ccc(C(=O)O)nc2)c1. The summed E-state index contributed by atoms with van der Waals surface area (Å²) >= 11 is 0. The van der Waals surface area contributed by atoms with Gasteiger partial charge < -0.3 is 9.84 Å². The largest absolute Gasteiger partial charge is 0.487 e. The highest BCUT2D eigenvalue weighted by Crippen LogP contribution is 2.13. The van der Waals surface area contributed by atoms with Gasteiger partial charge in [-0.05, 0) is 47.4 Å². The van der Waals surface area contributed by atoms with Gasteiger partial charge in [0.25, 0.3) is 0 Å². The Balaban J connectivity index is 1.62. The Kier molecular flexibility index (Phi) is 7.27. The van der Waals surface area contributed by atoms with Crippen molar-refractivity contribution >= 4 is 18.3 Å². The van der Waals surface area contributed by atoms with E-state index in [4.69, 9.17) is 9.84 Å². The first kappa shape index (κ1) is 20.7. The highest BCUT2D eigenvalue weighted by Gasteiger charge is 2.05.